The largest absolute Gasteiger partial charge is 0.507 e. The van der Waals surface area contributed by atoms with Crippen LogP contribution in [-0.2, 0) is 0 Å². The number of anilines is 1. The molecule has 3 aliphatic rings. The Hall–Kier alpha value is -3.09. The van der Waals surface area contributed by atoms with Crippen LogP contribution in [0.5, 0.6) is 5.75 Å². The molecule has 1 unspecified atom stereocenters. The van der Waals surface area contributed by atoms with Crippen molar-refractivity contribution in [3.05, 3.63) is 35.6 Å². The molecule has 6 rings (SSSR count). The van der Waals surface area contributed by atoms with E-state index < -0.39 is 0 Å². The summed E-state index contributed by atoms with van der Waals surface area (Å²) >= 11 is 1.29. The number of rotatable bonds is 5. The number of nitrogens with one attached hydrogen (secondary N) is 1. The van der Waals surface area contributed by atoms with Crippen molar-refractivity contribution >= 4 is 17.2 Å². The molecule has 2 aliphatic heterocycles. The van der Waals surface area contributed by atoms with Gasteiger partial charge in [0, 0.05) is 30.4 Å². The van der Waals surface area contributed by atoms with Crippen LogP contribution in [0.2, 0.25) is 0 Å². The maximum Gasteiger partial charge on any atom is 0.194 e. The van der Waals surface area contributed by atoms with Crippen LogP contribution in [0, 0.1) is 11.3 Å². The number of nitriles is 1. The molecular weight excluding hydrogens is 422 g/mol. The third-order valence-corrected chi connectivity index (χ3v) is 7.67. The Kier molecular flexibility index (Phi) is 4.77. The molecule has 9 heteroatoms. The van der Waals surface area contributed by atoms with Crippen molar-refractivity contribution in [2.24, 2.45) is 0 Å². The number of nitrogens with zero attached hydrogens (tertiary/aromatic N) is 6. The summed E-state index contributed by atoms with van der Waals surface area (Å²) in [4.78, 5) is 11.9. The number of benzene rings is 1. The minimum atomic E-state index is 0.0814. The molecule has 2 N–H and O–H groups in total. The minimum Gasteiger partial charge on any atom is -0.507 e. The lowest BCUT2D eigenvalue weighted by atomic mass is 9.98. The fraction of sp³-hybridized carbons (Fsp3) is 0.435. The van der Waals surface area contributed by atoms with Crippen LogP contribution in [0.3, 0.4) is 0 Å². The molecule has 32 heavy (non-hydrogen) atoms. The summed E-state index contributed by atoms with van der Waals surface area (Å²) in [6, 6.07) is 9.64. The molecule has 8 nitrogen and oxygen atoms in total. The SMILES string of the molecule is N#Cc1ncc(-c2ccc(-c3ncc(N(C4CC4)C4C[C@H]5CC[C@@H](C4)N5)nn3)c(O)c2)s1. The van der Waals surface area contributed by atoms with Gasteiger partial charge in [-0.3, -0.25) is 0 Å². The second kappa shape index (κ2) is 7.80. The van der Waals surface area contributed by atoms with Gasteiger partial charge in [-0.25, -0.2) is 9.97 Å². The molecule has 0 spiro atoms. The first kappa shape index (κ1) is 19.6. The van der Waals surface area contributed by atoms with Crippen LogP contribution in [-0.4, -0.2) is 49.4 Å². The van der Waals surface area contributed by atoms with Gasteiger partial charge in [-0.1, -0.05) is 6.07 Å². The maximum absolute atomic E-state index is 10.6. The van der Waals surface area contributed by atoms with Gasteiger partial charge in [0.05, 0.1) is 16.6 Å². The van der Waals surface area contributed by atoms with Crippen molar-refractivity contribution in [3.8, 4) is 33.6 Å². The minimum absolute atomic E-state index is 0.0814. The maximum atomic E-state index is 10.6. The Labute approximate surface area is 190 Å². The van der Waals surface area contributed by atoms with Crippen molar-refractivity contribution < 1.29 is 5.11 Å². The molecule has 3 fully saturated rings. The Balaban J connectivity index is 1.24. The number of hydrogen-bond acceptors (Lipinski definition) is 9. The van der Waals surface area contributed by atoms with Gasteiger partial charge in [0.2, 0.25) is 0 Å². The Morgan fingerprint density at radius 2 is 1.84 bits per heavy atom. The summed E-state index contributed by atoms with van der Waals surface area (Å²) in [5.74, 6) is 1.33. The van der Waals surface area contributed by atoms with Crippen molar-refractivity contribution in [2.45, 2.75) is 62.7 Å². The van der Waals surface area contributed by atoms with Gasteiger partial charge in [-0.2, -0.15) is 5.26 Å². The van der Waals surface area contributed by atoms with Gasteiger partial charge in [0.15, 0.2) is 16.6 Å². The predicted octanol–water partition coefficient (Wildman–Crippen LogP) is 3.49. The van der Waals surface area contributed by atoms with Crippen LogP contribution in [0.15, 0.2) is 30.6 Å². The second-order valence-electron chi connectivity index (χ2n) is 8.91. The summed E-state index contributed by atoms with van der Waals surface area (Å²) in [6.07, 6.45) is 10.7. The smallest absolute Gasteiger partial charge is 0.194 e. The van der Waals surface area contributed by atoms with E-state index in [0.717, 1.165) is 29.1 Å². The molecule has 1 saturated carbocycles. The van der Waals surface area contributed by atoms with E-state index in [1.807, 2.05) is 12.1 Å². The highest BCUT2D eigenvalue weighted by molar-refractivity contribution is 7.15. The summed E-state index contributed by atoms with van der Waals surface area (Å²) in [5.41, 5.74) is 1.34. The number of piperidine rings is 1. The fourth-order valence-corrected chi connectivity index (χ4v) is 5.83. The standard InChI is InChI=1S/C23H23N7OS/c24-10-22-25-11-20(32-22)13-1-6-18(19(31)7-13)23-26-12-21(28-29-23)30(16-4-5-16)17-8-14-2-3-15(9-17)27-14/h1,6-7,11-12,14-17,27,31H,2-5,8-9H2/t14-,15+,17?. The summed E-state index contributed by atoms with van der Waals surface area (Å²) < 4.78 is 0. The highest BCUT2D eigenvalue weighted by Crippen LogP contribution is 2.39. The Bertz CT molecular complexity index is 1170. The third-order valence-electron chi connectivity index (χ3n) is 6.72. The van der Waals surface area contributed by atoms with Gasteiger partial charge in [-0.05, 0) is 56.2 Å². The summed E-state index contributed by atoms with van der Waals surface area (Å²) in [7, 11) is 0. The molecule has 1 aromatic carbocycles. The molecule has 2 aromatic heterocycles. The van der Waals surface area contributed by atoms with E-state index in [1.54, 1.807) is 24.5 Å². The summed E-state index contributed by atoms with van der Waals surface area (Å²) in [5, 5.41) is 32.6. The zero-order chi connectivity index (χ0) is 21.7. The molecular formula is C23H23N7OS. The number of fused-ring (bicyclic) bond motifs is 2. The van der Waals surface area contributed by atoms with Crippen LogP contribution in [0.25, 0.3) is 21.8 Å². The van der Waals surface area contributed by atoms with Gasteiger partial charge < -0.3 is 15.3 Å². The van der Waals surface area contributed by atoms with Gasteiger partial charge >= 0.3 is 0 Å². The first-order chi connectivity index (χ1) is 15.7. The molecule has 162 valence electrons. The molecule has 4 heterocycles. The van der Waals surface area contributed by atoms with Crippen LogP contribution < -0.4 is 10.2 Å². The van der Waals surface area contributed by atoms with E-state index in [2.05, 4.69) is 30.4 Å². The zero-order valence-corrected chi connectivity index (χ0v) is 18.3. The van der Waals surface area contributed by atoms with Crippen LogP contribution >= 0.6 is 11.3 Å². The lowest BCUT2D eigenvalue weighted by molar-refractivity contribution is 0.343. The lowest BCUT2D eigenvalue weighted by Crippen LogP contribution is -2.49. The topological polar surface area (TPSA) is 111 Å². The molecule has 3 atom stereocenters. The predicted molar refractivity (Wildman–Crippen MR) is 121 cm³/mol. The first-order valence-corrected chi connectivity index (χ1v) is 11.9. The van der Waals surface area contributed by atoms with E-state index in [4.69, 9.17) is 5.26 Å². The number of phenolic OH excluding ortho intramolecular Hbond substituents is 1. The van der Waals surface area contributed by atoms with Crippen LogP contribution in [0.1, 0.15) is 43.5 Å². The highest BCUT2D eigenvalue weighted by atomic mass is 32.1. The van der Waals surface area contributed by atoms with Crippen LogP contribution in [0.4, 0.5) is 5.82 Å². The van der Waals surface area contributed by atoms with E-state index in [1.165, 1.54) is 37.0 Å². The monoisotopic (exact) mass is 445 g/mol. The number of thiazole rings is 1. The van der Waals surface area contributed by atoms with Crippen molar-refractivity contribution in [2.75, 3.05) is 4.90 Å². The van der Waals surface area contributed by atoms with Gasteiger partial charge in [-0.15, -0.1) is 21.5 Å². The average molecular weight is 446 g/mol. The molecule has 2 bridgehead atoms. The molecule has 0 amide bonds. The van der Waals surface area contributed by atoms with E-state index in [-0.39, 0.29) is 5.75 Å². The van der Waals surface area contributed by atoms with E-state index >= 15 is 0 Å². The van der Waals surface area contributed by atoms with Crippen molar-refractivity contribution in [1.29, 1.82) is 5.26 Å². The Morgan fingerprint density at radius 3 is 2.47 bits per heavy atom. The molecule has 0 radical (unpaired) electrons. The van der Waals surface area contributed by atoms with E-state index in [9.17, 15) is 5.11 Å². The lowest BCUT2D eigenvalue weighted by Gasteiger charge is -2.38. The highest BCUT2D eigenvalue weighted by Gasteiger charge is 2.41. The molecule has 3 aromatic rings. The first-order valence-electron chi connectivity index (χ1n) is 11.1. The number of aromatic hydroxyl groups is 1. The molecule has 1 aliphatic carbocycles. The number of hydrogen-bond donors (Lipinski definition) is 2. The van der Waals surface area contributed by atoms with Crippen molar-refractivity contribution in [1.82, 2.24) is 25.5 Å². The fourth-order valence-electron chi connectivity index (χ4n) is 5.12. The van der Waals surface area contributed by atoms with Gasteiger partial charge in [0.25, 0.3) is 0 Å². The third kappa shape index (κ3) is 3.59. The Morgan fingerprint density at radius 1 is 1.03 bits per heavy atom. The number of aromatic nitrogens is 4. The second-order valence-corrected chi connectivity index (χ2v) is 9.95. The summed E-state index contributed by atoms with van der Waals surface area (Å²) in [6.45, 7) is 0. The van der Waals surface area contributed by atoms with Crippen molar-refractivity contribution in [3.63, 3.8) is 0 Å². The number of phenols is 1. The quantitative estimate of drug-likeness (QED) is 0.614. The van der Waals surface area contributed by atoms with E-state index in [0.29, 0.717) is 40.6 Å². The average Bonchev–Trinajstić information content (AvgIpc) is 3.41. The van der Waals surface area contributed by atoms with Gasteiger partial charge in [0.1, 0.15) is 11.8 Å². The zero-order valence-electron chi connectivity index (χ0n) is 17.5. The molecule has 2 saturated heterocycles. The normalized spacial score (nSPS) is 24.3.